The Balaban J connectivity index is 0.000000644. The first-order valence-corrected chi connectivity index (χ1v) is 13.3. The van der Waals surface area contributed by atoms with Crippen LogP contribution < -0.4 is 10.1 Å². The van der Waals surface area contributed by atoms with Crippen LogP contribution in [0.15, 0.2) is 103 Å². The Morgan fingerprint density at radius 2 is 1.89 bits per heavy atom. The number of pyridine rings is 1. The number of allylic oxidation sites excluding steroid dienone is 3. The molecule has 0 radical (unpaired) electrons. The van der Waals surface area contributed by atoms with Crippen LogP contribution in [0.1, 0.15) is 50.2 Å². The van der Waals surface area contributed by atoms with Gasteiger partial charge in [0.2, 0.25) is 5.88 Å². The van der Waals surface area contributed by atoms with Crippen molar-refractivity contribution in [3.05, 3.63) is 120 Å². The Morgan fingerprint density at radius 3 is 2.55 bits per heavy atom. The molecule has 5 nitrogen and oxygen atoms in total. The standard InChI is InChI=1S/C28H29N3O2.C5H8.H2/c1-20-8-10-23(11-9-20)25-19-26(25)30-28(32)31-15-12-21(13-16-31)17-22-5-4-6-24(18-22)33-27-7-2-3-14-29-27;1-3-5-4-2;/h2-11,14,17-18,25-26H,12-13,15-16,19H2,1H3,(H,30,32);3-5H,1H2,2H3;1H/b;5-4-;. The summed E-state index contributed by atoms with van der Waals surface area (Å²) in [4.78, 5) is 18.9. The van der Waals surface area contributed by atoms with E-state index in [0.29, 0.717) is 11.8 Å². The second kappa shape index (κ2) is 13.4. The molecule has 0 spiro atoms. The Kier molecular flexibility index (Phi) is 9.52. The summed E-state index contributed by atoms with van der Waals surface area (Å²) in [5, 5.41) is 3.23. The molecule has 1 saturated carbocycles. The maximum atomic E-state index is 12.7. The van der Waals surface area contributed by atoms with Crippen molar-refractivity contribution in [2.75, 3.05) is 13.1 Å². The van der Waals surface area contributed by atoms with Gasteiger partial charge >= 0.3 is 6.03 Å². The van der Waals surface area contributed by atoms with E-state index in [1.165, 1.54) is 16.7 Å². The van der Waals surface area contributed by atoms with E-state index in [-0.39, 0.29) is 13.5 Å². The average molecular weight is 510 g/mol. The molecule has 5 heteroatoms. The van der Waals surface area contributed by atoms with Crippen molar-refractivity contribution in [1.82, 2.24) is 15.2 Å². The monoisotopic (exact) mass is 509 g/mol. The minimum Gasteiger partial charge on any atom is -0.439 e. The maximum Gasteiger partial charge on any atom is 0.317 e. The van der Waals surface area contributed by atoms with Crippen molar-refractivity contribution < 1.29 is 11.0 Å². The molecule has 2 amide bonds. The third-order valence-electron chi connectivity index (χ3n) is 6.72. The van der Waals surface area contributed by atoms with Gasteiger partial charge in [0.25, 0.3) is 0 Å². The highest BCUT2D eigenvalue weighted by atomic mass is 16.5. The lowest BCUT2D eigenvalue weighted by molar-refractivity contribution is 0.193. The molecule has 1 aliphatic carbocycles. The lowest BCUT2D eigenvalue weighted by Gasteiger charge is -2.28. The molecule has 2 heterocycles. The van der Waals surface area contributed by atoms with Crippen molar-refractivity contribution in [2.45, 2.75) is 45.1 Å². The second-order valence-electron chi connectivity index (χ2n) is 9.70. The van der Waals surface area contributed by atoms with Crippen molar-refractivity contribution in [2.24, 2.45) is 0 Å². The lowest BCUT2D eigenvalue weighted by atomic mass is 10.0. The van der Waals surface area contributed by atoms with Crippen molar-refractivity contribution in [1.29, 1.82) is 0 Å². The van der Waals surface area contributed by atoms with Crippen molar-refractivity contribution in [3.63, 3.8) is 0 Å². The van der Waals surface area contributed by atoms with Gasteiger partial charge in [-0.3, -0.25) is 0 Å². The van der Waals surface area contributed by atoms with E-state index in [1.807, 2.05) is 60.4 Å². The molecule has 2 atom stereocenters. The second-order valence-corrected chi connectivity index (χ2v) is 9.70. The highest BCUT2D eigenvalue weighted by Gasteiger charge is 2.40. The zero-order valence-corrected chi connectivity index (χ0v) is 22.3. The normalized spacial score (nSPS) is 18.3. The van der Waals surface area contributed by atoms with Crippen LogP contribution in [0.2, 0.25) is 0 Å². The van der Waals surface area contributed by atoms with Gasteiger partial charge in [0.05, 0.1) is 0 Å². The zero-order valence-electron chi connectivity index (χ0n) is 22.3. The van der Waals surface area contributed by atoms with Crippen molar-refractivity contribution >= 4 is 12.1 Å². The van der Waals surface area contributed by atoms with Gasteiger partial charge in [-0.25, -0.2) is 9.78 Å². The number of urea groups is 1. The van der Waals surface area contributed by atoms with Crippen LogP contribution in [0.25, 0.3) is 6.08 Å². The summed E-state index contributed by atoms with van der Waals surface area (Å²) in [5.41, 5.74) is 5.06. The van der Waals surface area contributed by atoms with E-state index in [1.54, 1.807) is 12.3 Å². The number of piperidine rings is 1. The number of ether oxygens (including phenoxy) is 1. The molecular weight excluding hydrogens is 470 g/mol. The molecule has 2 unspecified atom stereocenters. The minimum absolute atomic E-state index is 0. The summed E-state index contributed by atoms with van der Waals surface area (Å²) in [7, 11) is 0. The van der Waals surface area contributed by atoms with Crippen LogP contribution >= 0.6 is 0 Å². The number of carbonyl (C=O) groups excluding carboxylic acids is 1. The fourth-order valence-electron chi connectivity index (χ4n) is 4.50. The van der Waals surface area contributed by atoms with E-state index < -0.39 is 0 Å². The van der Waals surface area contributed by atoms with Gasteiger partial charge in [0, 0.05) is 38.7 Å². The fraction of sp³-hybridized carbons (Fsp3) is 0.273. The summed E-state index contributed by atoms with van der Waals surface area (Å²) in [5.74, 6) is 1.81. The number of hydrogen-bond acceptors (Lipinski definition) is 3. The summed E-state index contributed by atoms with van der Waals surface area (Å²) >= 11 is 0. The summed E-state index contributed by atoms with van der Waals surface area (Å²) in [6, 6.07) is 22.6. The number of nitrogens with one attached hydrogen (secondary N) is 1. The zero-order chi connectivity index (χ0) is 26.7. The number of benzene rings is 2. The van der Waals surface area contributed by atoms with Crippen LogP contribution in [0.3, 0.4) is 0 Å². The van der Waals surface area contributed by atoms with Gasteiger partial charge in [-0.15, -0.1) is 0 Å². The van der Waals surface area contributed by atoms with Gasteiger partial charge in [-0.1, -0.05) is 84.5 Å². The molecule has 38 heavy (non-hydrogen) atoms. The molecular formula is C33H39N3O2. The van der Waals surface area contributed by atoms with Gasteiger partial charge in [0.15, 0.2) is 0 Å². The Labute approximate surface area is 228 Å². The quantitative estimate of drug-likeness (QED) is 0.343. The van der Waals surface area contributed by atoms with Crippen LogP contribution in [0.5, 0.6) is 11.6 Å². The van der Waals surface area contributed by atoms with Gasteiger partial charge in [-0.2, -0.15) is 0 Å². The van der Waals surface area contributed by atoms with E-state index in [0.717, 1.165) is 43.7 Å². The summed E-state index contributed by atoms with van der Waals surface area (Å²) < 4.78 is 5.84. The first-order chi connectivity index (χ1) is 18.6. The smallest absolute Gasteiger partial charge is 0.317 e. The topological polar surface area (TPSA) is 54.5 Å². The Hall–Kier alpha value is -4.12. The summed E-state index contributed by atoms with van der Waals surface area (Å²) in [6.45, 7) is 9.03. The number of nitrogens with zero attached hydrogens (tertiary/aromatic N) is 2. The lowest BCUT2D eigenvalue weighted by Crippen LogP contribution is -2.44. The van der Waals surface area contributed by atoms with Gasteiger partial charge in [-0.05, 0) is 62.4 Å². The largest absolute Gasteiger partial charge is 0.439 e. The molecule has 2 aromatic carbocycles. The van der Waals surface area contributed by atoms with Crippen LogP contribution in [-0.4, -0.2) is 35.0 Å². The third kappa shape index (κ3) is 7.94. The number of rotatable bonds is 6. The molecule has 5 rings (SSSR count). The van der Waals surface area contributed by atoms with Crippen LogP contribution in [0.4, 0.5) is 4.79 Å². The highest BCUT2D eigenvalue weighted by Crippen LogP contribution is 2.41. The molecule has 1 aromatic heterocycles. The molecule has 2 aliphatic rings. The van der Waals surface area contributed by atoms with E-state index in [4.69, 9.17) is 4.74 Å². The number of likely N-dealkylation sites (tertiary alicyclic amines) is 1. The molecule has 0 bridgehead atoms. The predicted octanol–water partition coefficient (Wildman–Crippen LogP) is 7.92. The van der Waals surface area contributed by atoms with Crippen LogP contribution in [-0.2, 0) is 0 Å². The van der Waals surface area contributed by atoms with E-state index in [9.17, 15) is 4.79 Å². The summed E-state index contributed by atoms with van der Waals surface area (Å²) in [6.07, 6.45) is 12.3. The highest BCUT2D eigenvalue weighted by molar-refractivity contribution is 5.75. The predicted molar refractivity (Wildman–Crippen MR) is 158 cm³/mol. The number of aryl methyl sites for hydroxylation is 1. The van der Waals surface area contributed by atoms with Crippen LogP contribution in [0, 0.1) is 6.92 Å². The molecule has 1 saturated heterocycles. The number of amides is 2. The van der Waals surface area contributed by atoms with E-state index >= 15 is 0 Å². The molecule has 1 N–H and O–H groups in total. The molecule has 2 fully saturated rings. The van der Waals surface area contributed by atoms with Gasteiger partial charge < -0.3 is 15.0 Å². The Morgan fingerprint density at radius 1 is 1.11 bits per heavy atom. The first-order valence-electron chi connectivity index (χ1n) is 13.3. The number of hydrogen-bond donors (Lipinski definition) is 1. The van der Waals surface area contributed by atoms with Crippen molar-refractivity contribution in [3.8, 4) is 11.6 Å². The number of aromatic nitrogens is 1. The molecule has 1 aliphatic heterocycles. The Bertz CT molecular complexity index is 1260. The number of carbonyl (C=O) groups is 1. The molecule has 3 aromatic rings. The van der Waals surface area contributed by atoms with Gasteiger partial charge in [0.1, 0.15) is 5.75 Å². The first kappa shape index (κ1) is 26.9. The fourth-order valence-corrected chi connectivity index (χ4v) is 4.50. The molecule has 198 valence electrons. The maximum absolute atomic E-state index is 12.7. The third-order valence-corrected chi connectivity index (χ3v) is 6.72. The van der Waals surface area contributed by atoms with E-state index in [2.05, 4.69) is 60.2 Å². The average Bonchev–Trinajstić information content (AvgIpc) is 3.70. The minimum atomic E-state index is 0. The SMILES string of the molecule is C=C/C=C\C.Cc1ccc(C2CC2NC(=O)N2CCC(=Cc3cccc(Oc4ccccn4)c3)CC2)cc1.[HH].